The van der Waals surface area contributed by atoms with Gasteiger partial charge < -0.3 is 0 Å². The second kappa shape index (κ2) is 5.39. The number of hydrogen-bond donors (Lipinski definition) is 0. The number of rotatable bonds is 1. The first-order chi connectivity index (χ1) is 8.92. The lowest BCUT2D eigenvalue weighted by atomic mass is 10.0. The maximum Gasteiger partial charge on any atom is 0.0768 e. The summed E-state index contributed by atoms with van der Waals surface area (Å²) in [6.45, 7) is 3.03. The minimum atomic E-state index is 0.867. The highest BCUT2D eigenvalue weighted by atomic mass is 32.1. The summed E-state index contributed by atoms with van der Waals surface area (Å²) >= 11 is 1.71. The zero-order valence-corrected chi connectivity index (χ0v) is 11.0. The van der Waals surface area contributed by atoms with Gasteiger partial charge in [0.25, 0.3) is 0 Å². The van der Waals surface area contributed by atoms with Crippen molar-refractivity contribution >= 4 is 11.3 Å². The predicted octanol–water partition coefficient (Wildman–Crippen LogP) is 3.16. The lowest BCUT2D eigenvalue weighted by Crippen LogP contribution is -2.30. The van der Waals surface area contributed by atoms with Crippen molar-refractivity contribution in [3.63, 3.8) is 0 Å². The summed E-state index contributed by atoms with van der Waals surface area (Å²) in [5, 5.41) is 2.07. The molecule has 0 fully saturated rings. The SMILES string of the molecule is C(#Cc1cccs1)CN1CCc2ccccc2C1. The molecule has 0 N–H and O–H groups in total. The van der Waals surface area contributed by atoms with Crippen molar-refractivity contribution in [3.8, 4) is 11.8 Å². The van der Waals surface area contributed by atoms with Gasteiger partial charge >= 0.3 is 0 Å². The first-order valence-corrected chi connectivity index (χ1v) is 7.11. The zero-order chi connectivity index (χ0) is 12.2. The fourth-order valence-electron chi connectivity index (χ4n) is 2.28. The lowest BCUT2D eigenvalue weighted by molar-refractivity contribution is 0.286. The summed E-state index contributed by atoms with van der Waals surface area (Å²) in [5.74, 6) is 6.50. The summed E-state index contributed by atoms with van der Waals surface area (Å²) in [6, 6.07) is 12.8. The minimum Gasteiger partial charge on any atom is -0.288 e. The van der Waals surface area contributed by atoms with Gasteiger partial charge in [-0.15, -0.1) is 11.3 Å². The van der Waals surface area contributed by atoms with Crippen LogP contribution in [0, 0.1) is 11.8 Å². The third kappa shape index (κ3) is 2.64. The monoisotopic (exact) mass is 253 g/mol. The molecule has 1 aliphatic rings. The topological polar surface area (TPSA) is 3.24 Å². The Morgan fingerprint density at radius 3 is 2.83 bits per heavy atom. The molecule has 1 aromatic carbocycles. The molecule has 2 heteroatoms. The van der Waals surface area contributed by atoms with Gasteiger partial charge in [0.2, 0.25) is 0 Å². The van der Waals surface area contributed by atoms with Crippen molar-refractivity contribution in [2.45, 2.75) is 13.0 Å². The third-order valence-corrected chi connectivity index (χ3v) is 4.03. The number of fused-ring (bicyclic) bond motifs is 1. The fourth-order valence-corrected chi connectivity index (χ4v) is 2.87. The van der Waals surface area contributed by atoms with Crippen LogP contribution in [0.2, 0.25) is 0 Å². The largest absolute Gasteiger partial charge is 0.288 e. The Labute approximate surface area is 112 Å². The van der Waals surface area contributed by atoms with E-state index in [4.69, 9.17) is 0 Å². The zero-order valence-electron chi connectivity index (χ0n) is 10.2. The van der Waals surface area contributed by atoms with Crippen molar-refractivity contribution < 1.29 is 0 Å². The molecule has 0 spiro atoms. The van der Waals surface area contributed by atoms with Gasteiger partial charge in [0, 0.05) is 13.1 Å². The van der Waals surface area contributed by atoms with Gasteiger partial charge in [0.15, 0.2) is 0 Å². The van der Waals surface area contributed by atoms with Gasteiger partial charge in [-0.05, 0) is 29.0 Å². The molecule has 0 saturated carbocycles. The molecular formula is C16H15NS. The van der Waals surface area contributed by atoms with Crippen LogP contribution in [0.5, 0.6) is 0 Å². The maximum absolute atomic E-state index is 3.27. The summed E-state index contributed by atoms with van der Waals surface area (Å²) in [6.07, 6.45) is 1.15. The molecule has 1 aromatic heterocycles. The molecule has 0 aliphatic carbocycles. The fraction of sp³-hybridized carbons (Fsp3) is 0.250. The Morgan fingerprint density at radius 1 is 1.11 bits per heavy atom. The Bertz CT molecular complexity index is 575. The van der Waals surface area contributed by atoms with Crippen LogP contribution < -0.4 is 0 Å². The third-order valence-electron chi connectivity index (χ3n) is 3.25. The van der Waals surface area contributed by atoms with Crippen molar-refractivity contribution in [1.29, 1.82) is 0 Å². The molecule has 18 heavy (non-hydrogen) atoms. The van der Waals surface area contributed by atoms with Crippen LogP contribution in [0.3, 0.4) is 0 Å². The molecule has 0 atom stereocenters. The highest BCUT2D eigenvalue weighted by Gasteiger charge is 2.13. The number of thiophene rings is 1. The molecule has 90 valence electrons. The highest BCUT2D eigenvalue weighted by Crippen LogP contribution is 2.17. The Hall–Kier alpha value is -1.56. The van der Waals surface area contributed by atoms with Gasteiger partial charge in [-0.1, -0.05) is 42.2 Å². The lowest BCUT2D eigenvalue weighted by Gasteiger charge is -2.26. The van der Waals surface area contributed by atoms with Crippen molar-refractivity contribution in [2.24, 2.45) is 0 Å². The van der Waals surface area contributed by atoms with Gasteiger partial charge in [-0.2, -0.15) is 0 Å². The molecule has 1 nitrogen and oxygen atoms in total. The van der Waals surface area contributed by atoms with E-state index in [-0.39, 0.29) is 0 Å². The maximum atomic E-state index is 3.27. The average molecular weight is 253 g/mol. The van der Waals surface area contributed by atoms with Crippen LogP contribution in [0.25, 0.3) is 0 Å². The smallest absolute Gasteiger partial charge is 0.0768 e. The molecule has 2 heterocycles. The quantitative estimate of drug-likeness (QED) is 0.706. The Morgan fingerprint density at radius 2 is 2.00 bits per heavy atom. The summed E-state index contributed by atoms with van der Waals surface area (Å²) in [4.78, 5) is 3.58. The molecular weight excluding hydrogens is 238 g/mol. The minimum absolute atomic E-state index is 0.867. The van der Waals surface area contributed by atoms with Crippen LogP contribution in [-0.2, 0) is 13.0 Å². The van der Waals surface area contributed by atoms with E-state index in [9.17, 15) is 0 Å². The van der Waals surface area contributed by atoms with E-state index in [0.717, 1.165) is 30.9 Å². The molecule has 2 aromatic rings. The summed E-state index contributed by atoms with van der Waals surface area (Å²) in [5.41, 5.74) is 2.96. The first kappa shape index (κ1) is 11.5. The van der Waals surface area contributed by atoms with Crippen molar-refractivity contribution in [3.05, 3.63) is 57.8 Å². The first-order valence-electron chi connectivity index (χ1n) is 6.23. The van der Waals surface area contributed by atoms with Gasteiger partial charge in [0.05, 0.1) is 11.4 Å². The van der Waals surface area contributed by atoms with E-state index in [1.165, 1.54) is 11.1 Å². The molecule has 3 rings (SSSR count). The highest BCUT2D eigenvalue weighted by molar-refractivity contribution is 7.10. The van der Waals surface area contributed by atoms with Crippen LogP contribution in [0.1, 0.15) is 16.0 Å². The van der Waals surface area contributed by atoms with Gasteiger partial charge in [-0.3, -0.25) is 4.90 Å². The molecule has 1 aliphatic heterocycles. The van der Waals surface area contributed by atoms with Crippen LogP contribution in [-0.4, -0.2) is 18.0 Å². The number of benzene rings is 1. The van der Waals surface area contributed by atoms with E-state index >= 15 is 0 Å². The van der Waals surface area contributed by atoms with E-state index in [2.05, 4.69) is 52.5 Å². The predicted molar refractivity (Wildman–Crippen MR) is 76.6 cm³/mol. The Balaban J connectivity index is 1.63. The van der Waals surface area contributed by atoms with E-state index < -0.39 is 0 Å². The van der Waals surface area contributed by atoms with Crippen molar-refractivity contribution in [1.82, 2.24) is 4.90 Å². The summed E-state index contributed by atoms with van der Waals surface area (Å²) < 4.78 is 0. The standard InChI is InChI=1S/C16H15NS/c1-2-6-15-13-17(11-9-14(15)5-1)10-3-7-16-8-4-12-18-16/h1-2,4-6,8,12H,9-11,13H2. The van der Waals surface area contributed by atoms with E-state index in [0.29, 0.717) is 0 Å². The van der Waals surface area contributed by atoms with Gasteiger partial charge in [-0.25, -0.2) is 0 Å². The molecule has 0 unspecified atom stereocenters. The normalized spacial score (nSPS) is 14.7. The Kier molecular flexibility index (Phi) is 3.45. The average Bonchev–Trinajstić information content (AvgIpc) is 2.92. The van der Waals surface area contributed by atoms with Crippen LogP contribution in [0.15, 0.2) is 41.8 Å². The molecule has 0 saturated heterocycles. The van der Waals surface area contributed by atoms with Crippen LogP contribution >= 0.6 is 11.3 Å². The number of hydrogen-bond acceptors (Lipinski definition) is 2. The second-order valence-corrected chi connectivity index (χ2v) is 5.46. The molecule has 0 amide bonds. The van der Waals surface area contributed by atoms with Crippen LogP contribution in [0.4, 0.5) is 0 Å². The summed E-state index contributed by atoms with van der Waals surface area (Å²) in [7, 11) is 0. The van der Waals surface area contributed by atoms with Gasteiger partial charge in [0.1, 0.15) is 0 Å². The molecule has 0 radical (unpaired) electrons. The van der Waals surface area contributed by atoms with Crippen molar-refractivity contribution in [2.75, 3.05) is 13.1 Å². The van der Waals surface area contributed by atoms with E-state index in [1.807, 2.05) is 6.07 Å². The second-order valence-electron chi connectivity index (χ2n) is 4.51. The number of nitrogens with zero attached hydrogens (tertiary/aromatic N) is 1. The molecule has 0 bridgehead atoms. The van der Waals surface area contributed by atoms with E-state index in [1.54, 1.807) is 11.3 Å².